The van der Waals surface area contributed by atoms with E-state index in [9.17, 15) is 9.18 Å². The Morgan fingerprint density at radius 1 is 1.00 bits per heavy atom. The summed E-state index contributed by atoms with van der Waals surface area (Å²) in [5.74, 6) is -0.753. The maximum absolute atomic E-state index is 14.4. The number of carbonyl (C=O) groups is 1. The second-order valence-corrected chi connectivity index (χ2v) is 7.80. The lowest BCUT2D eigenvalue weighted by Gasteiger charge is -2.32. The fourth-order valence-corrected chi connectivity index (χ4v) is 3.67. The Hall–Kier alpha value is -2.96. The maximum atomic E-state index is 14.4. The molecule has 5 nitrogen and oxygen atoms in total. The van der Waals surface area contributed by atoms with Crippen LogP contribution in [0.15, 0.2) is 67.0 Å². The normalized spacial score (nSPS) is 15.3. The zero-order valence-corrected chi connectivity index (χ0v) is 17.2. The molecule has 6 heteroatoms. The molecule has 2 heterocycles. The topological polar surface area (TPSA) is 40.5 Å². The van der Waals surface area contributed by atoms with Gasteiger partial charge < -0.3 is 19.7 Å². The molecular weight excluding hydrogens is 379 g/mol. The van der Waals surface area contributed by atoms with Crippen molar-refractivity contribution >= 4 is 11.6 Å². The zero-order valence-electron chi connectivity index (χ0n) is 17.2. The van der Waals surface area contributed by atoms with Crippen LogP contribution in [0.25, 0.3) is 5.69 Å². The number of piperazine rings is 1. The lowest BCUT2D eigenvalue weighted by Crippen LogP contribution is -2.45. The first kappa shape index (κ1) is 20.3. The van der Waals surface area contributed by atoms with Crippen molar-refractivity contribution in [1.82, 2.24) is 14.4 Å². The van der Waals surface area contributed by atoms with E-state index in [0.717, 1.165) is 39.1 Å². The molecule has 1 aliphatic rings. The van der Waals surface area contributed by atoms with Gasteiger partial charge in [0.15, 0.2) is 0 Å². The van der Waals surface area contributed by atoms with Crippen LogP contribution in [0, 0.1) is 5.82 Å². The average Bonchev–Trinajstić information content (AvgIpc) is 3.29. The number of likely N-dealkylation sites (N-methyl/N-ethyl adjacent to an activating group) is 1. The molecule has 0 atom stereocenters. The van der Waals surface area contributed by atoms with E-state index in [0.29, 0.717) is 16.9 Å². The molecule has 0 unspecified atom stereocenters. The summed E-state index contributed by atoms with van der Waals surface area (Å²) in [6.07, 6.45) is 4.52. The number of aromatic nitrogens is 1. The largest absolute Gasteiger partial charge is 0.322 e. The first-order chi connectivity index (χ1) is 14.6. The molecule has 30 heavy (non-hydrogen) atoms. The monoisotopic (exact) mass is 406 g/mol. The predicted molar refractivity (Wildman–Crippen MR) is 118 cm³/mol. The van der Waals surface area contributed by atoms with E-state index in [-0.39, 0.29) is 5.91 Å². The van der Waals surface area contributed by atoms with Crippen LogP contribution in [0.4, 0.5) is 10.1 Å². The van der Waals surface area contributed by atoms with Crippen LogP contribution in [0.3, 0.4) is 0 Å². The SMILES string of the molecule is CN1CCN(CCc2ccc(NC(=O)c3ccc(-n4cccc4)c(F)c3)cc2)CC1. The third-order valence-corrected chi connectivity index (χ3v) is 5.62. The van der Waals surface area contributed by atoms with Crippen LogP contribution < -0.4 is 5.32 Å². The quantitative estimate of drug-likeness (QED) is 0.679. The number of anilines is 1. The van der Waals surface area contributed by atoms with Gasteiger partial charge in [-0.15, -0.1) is 0 Å². The molecule has 156 valence electrons. The number of carbonyl (C=O) groups excluding carboxylic acids is 1. The molecule has 1 saturated heterocycles. The van der Waals surface area contributed by atoms with E-state index in [1.807, 2.05) is 36.4 Å². The molecule has 0 radical (unpaired) electrons. The molecule has 0 saturated carbocycles. The number of hydrogen-bond donors (Lipinski definition) is 1. The van der Waals surface area contributed by atoms with Crippen LogP contribution >= 0.6 is 0 Å². The number of hydrogen-bond acceptors (Lipinski definition) is 3. The highest BCUT2D eigenvalue weighted by molar-refractivity contribution is 6.04. The highest BCUT2D eigenvalue weighted by Gasteiger charge is 2.14. The van der Waals surface area contributed by atoms with Crippen LogP contribution in [-0.4, -0.2) is 60.0 Å². The molecule has 1 N–H and O–H groups in total. The van der Waals surface area contributed by atoms with Crippen LogP contribution in [-0.2, 0) is 6.42 Å². The van der Waals surface area contributed by atoms with Crippen molar-refractivity contribution < 1.29 is 9.18 Å². The maximum Gasteiger partial charge on any atom is 0.255 e. The van der Waals surface area contributed by atoms with Gasteiger partial charge in [0.2, 0.25) is 0 Å². The molecule has 4 rings (SSSR count). The van der Waals surface area contributed by atoms with Crippen molar-refractivity contribution in [3.05, 3.63) is 83.9 Å². The minimum Gasteiger partial charge on any atom is -0.322 e. The molecular formula is C24H27FN4O. The molecule has 1 aromatic heterocycles. The number of benzene rings is 2. The third kappa shape index (κ3) is 4.96. The summed E-state index contributed by atoms with van der Waals surface area (Å²) in [6, 6.07) is 16.1. The summed E-state index contributed by atoms with van der Waals surface area (Å²) in [7, 11) is 2.16. The van der Waals surface area contributed by atoms with Crippen molar-refractivity contribution in [3.8, 4) is 5.69 Å². The fraction of sp³-hybridized carbons (Fsp3) is 0.292. The molecule has 0 bridgehead atoms. The Labute approximate surface area is 176 Å². The van der Waals surface area contributed by atoms with Crippen molar-refractivity contribution in [1.29, 1.82) is 0 Å². The Morgan fingerprint density at radius 2 is 1.70 bits per heavy atom. The summed E-state index contributed by atoms with van der Waals surface area (Å²) in [4.78, 5) is 17.4. The summed E-state index contributed by atoms with van der Waals surface area (Å²) in [5, 5.41) is 2.85. The molecule has 1 fully saturated rings. The van der Waals surface area contributed by atoms with Crippen molar-refractivity contribution in [2.75, 3.05) is 45.1 Å². The Balaban J connectivity index is 1.33. The molecule has 1 aliphatic heterocycles. The van der Waals surface area contributed by atoms with Gasteiger partial charge >= 0.3 is 0 Å². The van der Waals surface area contributed by atoms with Gasteiger partial charge in [0.25, 0.3) is 5.91 Å². The summed E-state index contributed by atoms with van der Waals surface area (Å²) in [6.45, 7) is 5.52. The lowest BCUT2D eigenvalue weighted by molar-refractivity contribution is 0.102. The van der Waals surface area contributed by atoms with Gasteiger partial charge in [-0.25, -0.2) is 4.39 Å². The van der Waals surface area contributed by atoms with Gasteiger partial charge in [0, 0.05) is 56.4 Å². The lowest BCUT2D eigenvalue weighted by atomic mass is 10.1. The highest BCUT2D eigenvalue weighted by atomic mass is 19.1. The standard InChI is InChI=1S/C24H27FN4O/c1-27-14-16-28(17-15-27)13-10-19-4-7-21(8-5-19)26-24(30)20-6-9-23(22(25)18-20)29-11-2-3-12-29/h2-9,11-12,18H,10,13-17H2,1H3,(H,26,30). The first-order valence-electron chi connectivity index (χ1n) is 10.3. The Morgan fingerprint density at radius 3 is 2.37 bits per heavy atom. The number of amides is 1. The van der Waals surface area contributed by atoms with Gasteiger partial charge in [-0.05, 0) is 61.5 Å². The molecule has 0 aliphatic carbocycles. The zero-order chi connectivity index (χ0) is 20.9. The smallest absolute Gasteiger partial charge is 0.255 e. The number of halogens is 1. The number of nitrogens with zero attached hydrogens (tertiary/aromatic N) is 3. The van der Waals surface area contributed by atoms with Crippen LogP contribution in [0.2, 0.25) is 0 Å². The van der Waals surface area contributed by atoms with E-state index in [1.54, 1.807) is 29.1 Å². The molecule has 1 amide bonds. The summed E-state index contributed by atoms with van der Waals surface area (Å²) >= 11 is 0. The Kier molecular flexibility index (Phi) is 6.26. The molecule has 0 spiro atoms. The second kappa shape index (κ2) is 9.24. The van der Waals surface area contributed by atoms with Gasteiger partial charge in [0.1, 0.15) is 5.82 Å². The highest BCUT2D eigenvalue weighted by Crippen LogP contribution is 2.17. The van der Waals surface area contributed by atoms with Crippen LogP contribution in [0.1, 0.15) is 15.9 Å². The van der Waals surface area contributed by atoms with Crippen molar-refractivity contribution in [3.63, 3.8) is 0 Å². The number of rotatable bonds is 6. The van der Waals surface area contributed by atoms with E-state index < -0.39 is 5.82 Å². The summed E-state index contributed by atoms with van der Waals surface area (Å²) in [5.41, 5.74) is 2.66. The fourth-order valence-electron chi connectivity index (χ4n) is 3.67. The summed E-state index contributed by atoms with van der Waals surface area (Å²) < 4.78 is 16.1. The van der Waals surface area contributed by atoms with E-state index in [2.05, 4.69) is 22.2 Å². The van der Waals surface area contributed by atoms with E-state index in [4.69, 9.17) is 0 Å². The Bertz CT molecular complexity index is 977. The van der Waals surface area contributed by atoms with Gasteiger partial charge in [-0.1, -0.05) is 12.1 Å². The minimum atomic E-state index is -0.432. The third-order valence-electron chi connectivity index (χ3n) is 5.62. The minimum absolute atomic E-state index is 0.294. The van der Waals surface area contributed by atoms with Crippen LogP contribution in [0.5, 0.6) is 0 Å². The second-order valence-electron chi connectivity index (χ2n) is 7.80. The van der Waals surface area contributed by atoms with Crippen molar-refractivity contribution in [2.45, 2.75) is 6.42 Å². The van der Waals surface area contributed by atoms with Gasteiger partial charge in [-0.3, -0.25) is 4.79 Å². The van der Waals surface area contributed by atoms with E-state index >= 15 is 0 Å². The van der Waals surface area contributed by atoms with E-state index in [1.165, 1.54) is 11.6 Å². The van der Waals surface area contributed by atoms with Gasteiger partial charge in [0.05, 0.1) is 5.69 Å². The average molecular weight is 407 g/mol. The molecule has 3 aromatic rings. The molecule has 2 aromatic carbocycles. The van der Waals surface area contributed by atoms with Gasteiger partial charge in [-0.2, -0.15) is 0 Å². The number of nitrogens with one attached hydrogen (secondary N) is 1. The predicted octanol–water partition coefficient (Wildman–Crippen LogP) is 3.66. The first-order valence-corrected chi connectivity index (χ1v) is 10.3. The van der Waals surface area contributed by atoms with Crippen molar-refractivity contribution in [2.24, 2.45) is 0 Å².